The summed E-state index contributed by atoms with van der Waals surface area (Å²) in [6, 6.07) is 8.73. The lowest BCUT2D eigenvalue weighted by Crippen LogP contribution is -2.29. The Labute approximate surface area is 116 Å². The molecule has 0 unspecified atom stereocenters. The summed E-state index contributed by atoms with van der Waals surface area (Å²) in [4.78, 5) is 5.17. The van der Waals surface area contributed by atoms with E-state index in [0.717, 1.165) is 6.54 Å². The van der Waals surface area contributed by atoms with Crippen LogP contribution in [0.5, 0.6) is 0 Å². The maximum absolute atomic E-state index is 3.53. The third-order valence-electron chi connectivity index (χ3n) is 4.27. The van der Waals surface area contributed by atoms with E-state index in [2.05, 4.69) is 39.4 Å². The van der Waals surface area contributed by atoms with E-state index in [0.29, 0.717) is 0 Å². The van der Waals surface area contributed by atoms with Gasteiger partial charge in [0.25, 0.3) is 0 Å². The smallest absolute Gasteiger partial charge is 0.0602 e. The second-order valence-corrected chi connectivity index (χ2v) is 5.69. The largest absolute Gasteiger partial charge is 0.383 e. The number of fused-ring (bicyclic) bond motifs is 1. The van der Waals surface area contributed by atoms with Gasteiger partial charge in [-0.05, 0) is 57.5 Å². The fourth-order valence-electron chi connectivity index (χ4n) is 3.24. The van der Waals surface area contributed by atoms with Crippen LogP contribution in [0.2, 0.25) is 0 Å². The SMILES string of the molecule is c1ccc2c(c1)NCCCN2CCCN1CCCC1. The molecule has 1 N–H and O–H groups in total. The van der Waals surface area contributed by atoms with Gasteiger partial charge in [-0.15, -0.1) is 0 Å². The van der Waals surface area contributed by atoms with Crippen LogP contribution >= 0.6 is 0 Å². The number of anilines is 2. The van der Waals surface area contributed by atoms with Crippen LogP contribution < -0.4 is 10.2 Å². The molecule has 2 heterocycles. The standard InChI is InChI=1S/C16H25N3/c1-2-8-16-15(7-1)17-9-5-13-19(16)14-6-12-18-10-3-4-11-18/h1-2,7-8,17H,3-6,9-14H2. The van der Waals surface area contributed by atoms with Crippen molar-refractivity contribution in [2.24, 2.45) is 0 Å². The van der Waals surface area contributed by atoms with Crippen molar-refractivity contribution in [2.45, 2.75) is 25.7 Å². The van der Waals surface area contributed by atoms with Gasteiger partial charge in [0, 0.05) is 19.6 Å². The van der Waals surface area contributed by atoms with Crippen molar-refractivity contribution in [2.75, 3.05) is 49.5 Å². The Kier molecular flexibility index (Phi) is 4.23. The zero-order valence-corrected chi connectivity index (χ0v) is 11.8. The number of para-hydroxylation sites is 2. The third-order valence-corrected chi connectivity index (χ3v) is 4.27. The van der Waals surface area contributed by atoms with Crippen LogP contribution in [-0.2, 0) is 0 Å². The van der Waals surface area contributed by atoms with E-state index >= 15 is 0 Å². The zero-order chi connectivity index (χ0) is 12.9. The lowest BCUT2D eigenvalue weighted by atomic mass is 10.2. The number of likely N-dealkylation sites (tertiary alicyclic amines) is 1. The average molecular weight is 259 g/mol. The third kappa shape index (κ3) is 3.21. The number of hydrogen-bond donors (Lipinski definition) is 1. The van der Waals surface area contributed by atoms with E-state index in [9.17, 15) is 0 Å². The first kappa shape index (κ1) is 12.8. The molecular weight excluding hydrogens is 234 g/mol. The second-order valence-electron chi connectivity index (χ2n) is 5.69. The van der Waals surface area contributed by atoms with E-state index in [4.69, 9.17) is 0 Å². The van der Waals surface area contributed by atoms with Gasteiger partial charge < -0.3 is 15.1 Å². The number of hydrogen-bond acceptors (Lipinski definition) is 3. The van der Waals surface area contributed by atoms with Gasteiger partial charge in [-0.2, -0.15) is 0 Å². The summed E-state index contributed by atoms with van der Waals surface area (Å²) in [7, 11) is 0. The summed E-state index contributed by atoms with van der Waals surface area (Å²) < 4.78 is 0. The van der Waals surface area contributed by atoms with Crippen LogP contribution in [0.15, 0.2) is 24.3 Å². The van der Waals surface area contributed by atoms with E-state index in [1.807, 2.05) is 0 Å². The molecule has 0 bridgehead atoms. The van der Waals surface area contributed by atoms with E-state index in [1.165, 1.54) is 69.8 Å². The normalized spacial score (nSPS) is 19.9. The molecule has 3 rings (SSSR count). The Bertz CT molecular complexity index is 399. The zero-order valence-electron chi connectivity index (χ0n) is 11.8. The molecule has 19 heavy (non-hydrogen) atoms. The molecule has 0 radical (unpaired) electrons. The van der Waals surface area contributed by atoms with Crippen molar-refractivity contribution in [1.82, 2.24) is 4.90 Å². The predicted octanol–water partition coefficient (Wildman–Crippen LogP) is 2.79. The topological polar surface area (TPSA) is 18.5 Å². The highest BCUT2D eigenvalue weighted by atomic mass is 15.2. The molecule has 0 aromatic heterocycles. The Morgan fingerprint density at radius 3 is 2.68 bits per heavy atom. The van der Waals surface area contributed by atoms with Crippen molar-refractivity contribution in [3.8, 4) is 0 Å². The van der Waals surface area contributed by atoms with Gasteiger partial charge in [-0.3, -0.25) is 0 Å². The summed E-state index contributed by atoms with van der Waals surface area (Å²) in [5.74, 6) is 0. The van der Waals surface area contributed by atoms with E-state index in [1.54, 1.807) is 0 Å². The average Bonchev–Trinajstić information content (AvgIpc) is 2.87. The molecular formula is C16H25N3. The van der Waals surface area contributed by atoms with Gasteiger partial charge in [0.15, 0.2) is 0 Å². The van der Waals surface area contributed by atoms with E-state index in [-0.39, 0.29) is 0 Å². The molecule has 104 valence electrons. The van der Waals surface area contributed by atoms with Crippen molar-refractivity contribution < 1.29 is 0 Å². The van der Waals surface area contributed by atoms with Crippen LogP contribution in [0.1, 0.15) is 25.7 Å². The van der Waals surface area contributed by atoms with Crippen LogP contribution in [-0.4, -0.2) is 44.2 Å². The first-order valence-electron chi connectivity index (χ1n) is 7.74. The summed E-state index contributed by atoms with van der Waals surface area (Å²) in [6.07, 6.45) is 5.32. The quantitative estimate of drug-likeness (QED) is 0.897. The molecule has 1 aromatic rings. The molecule has 3 heteroatoms. The lowest BCUT2D eigenvalue weighted by Gasteiger charge is -2.25. The Morgan fingerprint density at radius 2 is 1.79 bits per heavy atom. The number of benzene rings is 1. The Morgan fingerprint density at radius 1 is 0.947 bits per heavy atom. The summed E-state index contributed by atoms with van der Waals surface area (Å²) in [6.45, 7) is 7.38. The first-order chi connectivity index (χ1) is 9.43. The summed E-state index contributed by atoms with van der Waals surface area (Å²) >= 11 is 0. The fraction of sp³-hybridized carbons (Fsp3) is 0.625. The van der Waals surface area contributed by atoms with Crippen molar-refractivity contribution in [3.63, 3.8) is 0 Å². The van der Waals surface area contributed by atoms with Crippen LogP contribution in [0, 0.1) is 0 Å². The van der Waals surface area contributed by atoms with Gasteiger partial charge in [0.1, 0.15) is 0 Å². The molecule has 3 nitrogen and oxygen atoms in total. The van der Waals surface area contributed by atoms with E-state index < -0.39 is 0 Å². The Hall–Kier alpha value is -1.22. The molecule has 0 atom stereocenters. The second kappa shape index (κ2) is 6.29. The number of nitrogens with one attached hydrogen (secondary N) is 1. The molecule has 1 fully saturated rings. The molecule has 2 aliphatic heterocycles. The van der Waals surface area contributed by atoms with Crippen LogP contribution in [0.25, 0.3) is 0 Å². The molecule has 1 aromatic carbocycles. The lowest BCUT2D eigenvalue weighted by molar-refractivity contribution is 0.334. The minimum atomic E-state index is 1.10. The minimum Gasteiger partial charge on any atom is -0.383 e. The highest BCUT2D eigenvalue weighted by Gasteiger charge is 2.15. The van der Waals surface area contributed by atoms with Crippen LogP contribution in [0.4, 0.5) is 11.4 Å². The number of rotatable bonds is 4. The molecule has 2 aliphatic rings. The highest BCUT2D eigenvalue weighted by Crippen LogP contribution is 2.28. The minimum absolute atomic E-state index is 1.10. The van der Waals surface area contributed by atoms with Crippen molar-refractivity contribution in [1.29, 1.82) is 0 Å². The molecule has 0 saturated carbocycles. The molecule has 0 spiro atoms. The summed E-state index contributed by atoms with van der Waals surface area (Å²) in [5, 5.41) is 3.53. The van der Waals surface area contributed by atoms with Gasteiger partial charge in [-0.1, -0.05) is 12.1 Å². The van der Waals surface area contributed by atoms with Gasteiger partial charge >= 0.3 is 0 Å². The van der Waals surface area contributed by atoms with Gasteiger partial charge in [0.2, 0.25) is 0 Å². The molecule has 0 aliphatic carbocycles. The maximum atomic E-state index is 3.53. The maximum Gasteiger partial charge on any atom is 0.0602 e. The fourth-order valence-corrected chi connectivity index (χ4v) is 3.24. The molecule has 1 saturated heterocycles. The van der Waals surface area contributed by atoms with Crippen molar-refractivity contribution in [3.05, 3.63) is 24.3 Å². The van der Waals surface area contributed by atoms with Gasteiger partial charge in [-0.25, -0.2) is 0 Å². The van der Waals surface area contributed by atoms with Crippen LogP contribution in [0.3, 0.4) is 0 Å². The molecule has 0 amide bonds. The van der Waals surface area contributed by atoms with Crippen molar-refractivity contribution >= 4 is 11.4 Å². The monoisotopic (exact) mass is 259 g/mol. The van der Waals surface area contributed by atoms with Gasteiger partial charge in [0.05, 0.1) is 11.4 Å². The Balaban J connectivity index is 1.57. The predicted molar refractivity (Wildman–Crippen MR) is 82.1 cm³/mol. The first-order valence-corrected chi connectivity index (χ1v) is 7.74. The summed E-state index contributed by atoms with van der Waals surface area (Å²) in [5.41, 5.74) is 2.70. The number of nitrogens with zero attached hydrogens (tertiary/aromatic N) is 2. The highest BCUT2D eigenvalue weighted by molar-refractivity contribution is 5.70.